The molecule has 2 atom stereocenters. The Morgan fingerprint density at radius 3 is 2.25 bits per heavy atom. The Labute approximate surface area is 191 Å². The molecular formula is C24H34N2O5S. The van der Waals surface area contributed by atoms with Gasteiger partial charge in [0, 0.05) is 13.6 Å². The largest absolute Gasteiger partial charge is 0.493 e. The minimum absolute atomic E-state index is 0.150. The Bertz CT molecular complexity index is 1010. The van der Waals surface area contributed by atoms with E-state index in [4.69, 9.17) is 9.47 Å². The van der Waals surface area contributed by atoms with Crippen molar-refractivity contribution in [2.24, 2.45) is 5.92 Å². The number of rotatable bonds is 11. The Kier molecular flexibility index (Phi) is 9.09. The van der Waals surface area contributed by atoms with Crippen molar-refractivity contribution in [3.63, 3.8) is 0 Å². The Morgan fingerprint density at radius 2 is 1.69 bits per heavy atom. The molecular weight excluding hydrogens is 428 g/mol. The molecule has 0 aliphatic rings. The van der Waals surface area contributed by atoms with Crippen molar-refractivity contribution in [1.82, 2.24) is 9.62 Å². The van der Waals surface area contributed by atoms with Crippen molar-refractivity contribution in [1.29, 1.82) is 0 Å². The van der Waals surface area contributed by atoms with E-state index in [0.29, 0.717) is 30.9 Å². The lowest BCUT2D eigenvalue weighted by Crippen LogP contribution is -2.50. The van der Waals surface area contributed by atoms with Crippen molar-refractivity contribution >= 4 is 15.9 Å². The number of nitrogens with one attached hydrogen (secondary N) is 1. The zero-order valence-corrected chi connectivity index (χ0v) is 20.5. The first-order valence-corrected chi connectivity index (χ1v) is 12.2. The van der Waals surface area contributed by atoms with E-state index in [1.165, 1.54) is 0 Å². The number of likely N-dealkylation sites (N-methyl/N-ethyl adjacent to an activating group) is 1. The van der Waals surface area contributed by atoms with Crippen LogP contribution in [0.3, 0.4) is 0 Å². The average molecular weight is 463 g/mol. The molecule has 0 bridgehead atoms. The van der Waals surface area contributed by atoms with E-state index in [-0.39, 0.29) is 16.7 Å². The molecule has 0 saturated carbocycles. The highest BCUT2D eigenvalue weighted by Gasteiger charge is 2.31. The first kappa shape index (κ1) is 25.7. The molecule has 0 spiro atoms. The molecule has 7 nitrogen and oxygen atoms in total. The van der Waals surface area contributed by atoms with Gasteiger partial charge >= 0.3 is 0 Å². The molecule has 0 saturated heterocycles. The summed E-state index contributed by atoms with van der Waals surface area (Å²) in [5, 5.41) is 0. The second-order valence-electron chi connectivity index (χ2n) is 8.00. The number of aryl methyl sites for hydroxylation is 1. The van der Waals surface area contributed by atoms with Gasteiger partial charge in [-0.15, -0.1) is 0 Å². The standard InChI is InChI=1S/C24H34N2O5S/c1-7-18(3)23(25-32(28,29)20-11-8-17(2)9-12-20)24(27)26(4)15-14-19-10-13-21(30-5)22(16-19)31-6/h8-13,16,18,23,25H,7,14-15H2,1-6H3. The van der Waals surface area contributed by atoms with Gasteiger partial charge in [-0.2, -0.15) is 4.72 Å². The maximum atomic E-state index is 13.2. The summed E-state index contributed by atoms with van der Waals surface area (Å²) in [6.07, 6.45) is 1.26. The van der Waals surface area contributed by atoms with Crippen LogP contribution in [0.25, 0.3) is 0 Å². The van der Waals surface area contributed by atoms with Crippen LogP contribution < -0.4 is 14.2 Å². The van der Waals surface area contributed by atoms with Crippen LogP contribution in [0.1, 0.15) is 31.4 Å². The Morgan fingerprint density at radius 1 is 1.06 bits per heavy atom. The summed E-state index contributed by atoms with van der Waals surface area (Å²) < 4.78 is 39.0. The van der Waals surface area contributed by atoms with E-state index in [1.807, 2.05) is 39.0 Å². The van der Waals surface area contributed by atoms with Crippen LogP contribution in [-0.2, 0) is 21.2 Å². The van der Waals surface area contributed by atoms with Gasteiger partial charge in [0.25, 0.3) is 0 Å². The number of methoxy groups -OCH3 is 2. The average Bonchev–Trinajstić information content (AvgIpc) is 2.80. The second-order valence-corrected chi connectivity index (χ2v) is 9.71. The minimum Gasteiger partial charge on any atom is -0.493 e. The molecule has 0 aromatic heterocycles. The van der Waals surface area contributed by atoms with Gasteiger partial charge in [-0.1, -0.05) is 44.0 Å². The number of hydrogen-bond acceptors (Lipinski definition) is 5. The van der Waals surface area contributed by atoms with E-state index in [0.717, 1.165) is 11.1 Å². The van der Waals surface area contributed by atoms with Crippen molar-refractivity contribution < 1.29 is 22.7 Å². The van der Waals surface area contributed by atoms with E-state index >= 15 is 0 Å². The third-order valence-electron chi connectivity index (χ3n) is 5.65. The van der Waals surface area contributed by atoms with Gasteiger partial charge in [-0.05, 0) is 49.1 Å². The maximum absolute atomic E-state index is 13.2. The molecule has 1 amide bonds. The van der Waals surface area contributed by atoms with E-state index < -0.39 is 16.1 Å². The monoisotopic (exact) mass is 462 g/mol. The lowest BCUT2D eigenvalue weighted by atomic mass is 9.99. The number of hydrogen-bond donors (Lipinski definition) is 1. The van der Waals surface area contributed by atoms with Crippen LogP contribution in [0.5, 0.6) is 11.5 Å². The summed E-state index contributed by atoms with van der Waals surface area (Å²) >= 11 is 0. The zero-order chi connectivity index (χ0) is 23.9. The van der Waals surface area contributed by atoms with E-state index in [2.05, 4.69) is 4.72 Å². The number of benzene rings is 2. The molecule has 2 rings (SSSR count). The molecule has 0 radical (unpaired) electrons. The van der Waals surface area contributed by atoms with Crippen molar-refractivity contribution in [2.75, 3.05) is 27.8 Å². The number of nitrogens with zero attached hydrogens (tertiary/aromatic N) is 1. The molecule has 8 heteroatoms. The quantitative estimate of drug-likeness (QED) is 0.553. The van der Waals surface area contributed by atoms with Gasteiger partial charge in [0.05, 0.1) is 19.1 Å². The van der Waals surface area contributed by atoms with Crippen molar-refractivity contribution in [3.05, 3.63) is 53.6 Å². The second kappa shape index (κ2) is 11.3. The fraction of sp³-hybridized carbons (Fsp3) is 0.458. The summed E-state index contributed by atoms with van der Waals surface area (Å²) in [4.78, 5) is 14.9. The van der Waals surface area contributed by atoms with Crippen LogP contribution in [0, 0.1) is 12.8 Å². The number of carbonyl (C=O) groups is 1. The molecule has 0 fully saturated rings. The van der Waals surface area contributed by atoms with Crippen LogP contribution >= 0.6 is 0 Å². The van der Waals surface area contributed by atoms with Crippen LogP contribution in [-0.4, -0.2) is 53.1 Å². The zero-order valence-electron chi connectivity index (χ0n) is 19.7. The number of amides is 1. The Hall–Kier alpha value is -2.58. The molecule has 32 heavy (non-hydrogen) atoms. The minimum atomic E-state index is -3.82. The SMILES string of the molecule is CCC(C)C(NS(=O)(=O)c1ccc(C)cc1)C(=O)N(C)CCc1ccc(OC)c(OC)c1. The third-order valence-corrected chi connectivity index (χ3v) is 7.11. The van der Waals surface area contributed by atoms with Crippen LogP contribution in [0.15, 0.2) is 47.4 Å². The van der Waals surface area contributed by atoms with E-state index in [9.17, 15) is 13.2 Å². The first-order valence-electron chi connectivity index (χ1n) is 10.7. The smallest absolute Gasteiger partial charge is 0.241 e. The number of ether oxygens (including phenoxy) is 2. The number of carbonyl (C=O) groups excluding carboxylic acids is 1. The molecule has 1 N–H and O–H groups in total. The topological polar surface area (TPSA) is 84.9 Å². The highest BCUT2D eigenvalue weighted by Crippen LogP contribution is 2.27. The van der Waals surface area contributed by atoms with Gasteiger partial charge in [0.2, 0.25) is 15.9 Å². The molecule has 2 unspecified atom stereocenters. The number of sulfonamides is 1. The lowest BCUT2D eigenvalue weighted by molar-refractivity contribution is -0.132. The van der Waals surface area contributed by atoms with Gasteiger partial charge < -0.3 is 14.4 Å². The summed E-state index contributed by atoms with van der Waals surface area (Å²) in [5.74, 6) is 0.854. The van der Waals surface area contributed by atoms with Crippen molar-refractivity contribution in [3.8, 4) is 11.5 Å². The molecule has 2 aromatic rings. The Balaban J connectivity index is 2.13. The summed E-state index contributed by atoms with van der Waals surface area (Å²) in [6, 6.07) is 11.4. The van der Waals surface area contributed by atoms with E-state index in [1.54, 1.807) is 50.4 Å². The van der Waals surface area contributed by atoms with Crippen LogP contribution in [0.2, 0.25) is 0 Å². The molecule has 0 heterocycles. The fourth-order valence-electron chi connectivity index (χ4n) is 3.28. The highest BCUT2D eigenvalue weighted by atomic mass is 32.2. The van der Waals surface area contributed by atoms with Gasteiger partial charge in [0.1, 0.15) is 6.04 Å². The summed E-state index contributed by atoms with van der Waals surface area (Å²) in [6.45, 7) is 6.15. The van der Waals surface area contributed by atoms with Gasteiger partial charge in [-0.25, -0.2) is 8.42 Å². The molecule has 0 aliphatic heterocycles. The maximum Gasteiger partial charge on any atom is 0.241 e. The van der Waals surface area contributed by atoms with Crippen LogP contribution in [0.4, 0.5) is 0 Å². The predicted molar refractivity (Wildman–Crippen MR) is 126 cm³/mol. The van der Waals surface area contributed by atoms with Crippen molar-refractivity contribution in [2.45, 2.75) is 44.6 Å². The molecule has 176 valence electrons. The predicted octanol–water partition coefficient (Wildman–Crippen LogP) is 3.41. The van der Waals surface area contributed by atoms with Gasteiger partial charge in [0.15, 0.2) is 11.5 Å². The summed E-state index contributed by atoms with van der Waals surface area (Å²) in [5.41, 5.74) is 1.95. The summed E-state index contributed by atoms with van der Waals surface area (Å²) in [7, 11) is 1.03. The lowest BCUT2D eigenvalue weighted by Gasteiger charge is -2.28. The highest BCUT2D eigenvalue weighted by molar-refractivity contribution is 7.89. The molecule has 0 aliphatic carbocycles. The van der Waals surface area contributed by atoms with Gasteiger partial charge in [-0.3, -0.25) is 4.79 Å². The molecule has 2 aromatic carbocycles. The third kappa shape index (κ3) is 6.46. The fourth-order valence-corrected chi connectivity index (χ4v) is 4.58. The first-order chi connectivity index (χ1) is 15.1. The normalized spacial score (nSPS) is 13.3.